The quantitative estimate of drug-likeness (QED) is 0.882. The molecule has 2 atom stereocenters. The smallest absolute Gasteiger partial charge is 0.120 e. The lowest BCUT2D eigenvalue weighted by Gasteiger charge is -2.39. The average molecular weight is 259 g/mol. The number of nitrogens with two attached hydrogens (primary N) is 1. The highest BCUT2D eigenvalue weighted by Crippen LogP contribution is 2.37. The minimum atomic E-state index is 0.170. The van der Waals surface area contributed by atoms with Crippen molar-refractivity contribution in [2.75, 3.05) is 0 Å². The molecule has 19 heavy (non-hydrogen) atoms. The molecule has 2 unspecified atom stereocenters. The van der Waals surface area contributed by atoms with Gasteiger partial charge in [0.25, 0.3) is 0 Å². The van der Waals surface area contributed by atoms with Crippen molar-refractivity contribution in [1.82, 2.24) is 0 Å². The van der Waals surface area contributed by atoms with Gasteiger partial charge in [-0.05, 0) is 67.2 Å². The van der Waals surface area contributed by atoms with E-state index in [4.69, 9.17) is 10.5 Å². The zero-order valence-electron chi connectivity index (χ0n) is 12.1. The Bertz CT molecular complexity index is 466. The van der Waals surface area contributed by atoms with Crippen LogP contribution in [0.15, 0.2) is 18.2 Å². The summed E-state index contributed by atoms with van der Waals surface area (Å²) in [4.78, 5) is 0. The summed E-state index contributed by atoms with van der Waals surface area (Å²) in [5.41, 5.74) is 9.57. The van der Waals surface area contributed by atoms with Crippen molar-refractivity contribution in [2.45, 2.75) is 64.5 Å². The van der Waals surface area contributed by atoms with Crippen molar-refractivity contribution >= 4 is 0 Å². The molecule has 2 aliphatic carbocycles. The Morgan fingerprint density at radius 1 is 1.21 bits per heavy atom. The topological polar surface area (TPSA) is 35.2 Å². The molecule has 104 valence electrons. The zero-order chi connectivity index (χ0) is 13.5. The second-order valence-electron chi connectivity index (χ2n) is 7.01. The van der Waals surface area contributed by atoms with Crippen LogP contribution in [-0.2, 0) is 12.8 Å². The molecule has 0 radical (unpaired) electrons. The predicted molar refractivity (Wildman–Crippen MR) is 78.5 cm³/mol. The summed E-state index contributed by atoms with van der Waals surface area (Å²) in [5.74, 6) is 1.01. The van der Waals surface area contributed by atoms with Crippen LogP contribution in [0.2, 0.25) is 0 Å². The molecule has 0 heterocycles. The molecule has 0 spiro atoms. The molecule has 1 fully saturated rings. The Labute approximate surface area is 116 Å². The van der Waals surface area contributed by atoms with E-state index >= 15 is 0 Å². The minimum Gasteiger partial charge on any atom is -0.489 e. The second-order valence-corrected chi connectivity index (χ2v) is 7.01. The molecule has 2 nitrogen and oxygen atoms in total. The van der Waals surface area contributed by atoms with Crippen molar-refractivity contribution in [1.29, 1.82) is 0 Å². The Morgan fingerprint density at radius 2 is 2.00 bits per heavy atom. The molecule has 1 aromatic rings. The Kier molecular flexibility index (Phi) is 3.30. The SMILES string of the molecule is CC1(C)CCC(N)C(Oc2ccc3c(c2)CCC3)C1. The minimum absolute atomic E-state index is 0.170. The van der Waals surface area contributed by atoms with Crippen LogP contribution in [0.25, 0.3) is 0 Å². The summed E-state index contributed by atoms with van der Waals surface area (Å²) in [5, 5.41) is 0. The summed E-state index contributed by atoms with van der Waals surface area (Å²) < 4.78 is 6.20. The summed E-state index contributed by atoms with van der Waals surface area (Å²) >= 11 is 0. The molecule has 3 rings (SSSR count). The standard InChI is InChI=1S/C17H25NO/c1-17(2)9-8-15(18)16(11-17)19-14-7-6-12-4-3-5-13(12)10-14/h6-7,10,15-16H,3-5,8-9,11,18H2,1-2H3. The number of aryl methyl sites for hydroxylation is 2. The van der Waals surface area contributed by atoms with E-state index in [9.17, 15) is 0 Å². The van der Waals surface area contributed by atoms with Gasteiger partial charge in [0.05, 0.1) is 0 Å². The number of ether oxygens (including phenoxy) is 1. The van der Waals surface area contributed by atoms with Gasteiger partial charge in [0.2, 0.25) is 0 Å². The zero-order valence-corrected chi connectivity index (χ0v) is 12.1. The van der Waals surface area contributed by atoms with E-state index in [1.807, 2.05) is 0 Å². The van der Waals surface area contributed by atoms with E-state index in [1.165, 1.54) is 36.8 Å². The predicted octanol–water partition coefficient (Wildman–Crippen LogP) is 3.46. The van der Waals surface area contributed by atoms with Gasteiger partial charge in [-0.15, -0.1) is 0 Å². The van der Waals surface area contributed by atoms with Gasteiger partial charge in [0.1, 0.15) is 11.9 Å². The van der Waals surface area contributed by atoms with Gasteiger partial charge in [0.15, 0.2) is 0 Å². The molecular formula is C17H25NO. The molecular weight excluding hydrogens is 234 g/mol. The van der Waals surface area contributed by atoms with Crippen LogP contribution in [0, 0.1) is 5.41 Å². The van der Waals surface area contributed by atoms with Crippen molar-refractivity contribution in [3.63, 3.8) is 0 Å². The van der Waals surface area contributed by atoms with Gasteiger partial charge in [-0.3, -0.25) is 0 Å². The molecule has 1 aromatic carbocycles. The summed E-state index contributed by atoms with van der Waals surface area (Å²) in [6, 6.07) is 6.77. The van der Waals surface area contributed by atoms with Gasteiger partial charge < -0.3 is 10.5 Å². The lowest BCUT2D eigenvalue weighted by molar-refractivity contribution is 0.0669. The third-order valence-electron chi connectivity index (χ3n) is 4.74. The van der Waals surface area contributed by atoms with Gasteiger partial charge in [0, 0.05) is 6.04 Å². The van der Waals surface area contributed by atoms with E-state index < -0.39 is 0 Å². The van der Waals surface area contributed by atoms with Crippen LogP contribution in [0.5, 0.6) is 5.75 Å². The molecule has 2 aliphatic rings. The van der Waals surface area contributed by atoms with E-state index in [-0.39, 0.29) is 12.1 Å². The summed E-state index contributed by atoms with van der Waals surface area (Å²) in [6.45, 7) is 4.63. The van der Waals surface area contributed by atoms with Crippen molar-refractivity contribution in [3.8, 4) is 5.75 Å². The maximum Gasteiger partial charge on any atom is 0.120 e. The van der Waals surface area contributed by atoms with Gasteiger partial charge in [-0.25, -0.2) is 0 Å². The van der Waals surface area contributed by atoms with Crippen LogP contribution in [0.1, 0.15) is 50.7 Å². The molecule has 0 bridgehead atoms. The highest BCUT2D eigenvalue weighted by atomic mass is 16.5. The van der Waals surface area contributed by atoms with E-state index in [0.29, 0.717) is 5.41 Å². The molecule has 1 saturated carbocycles. The normalized spacial score (nSPS) is 29.0. The molecule has 2 N–H and O–H groups in total. The maximum absolute atomic E-state index is 6.24. The fourth-order valence-corrected chi connectivity index (χ4v) is 3.47. The van der Waals surface area contributed by atoms with Gasteiger partial charge in [-0.1, -0.05) is 19.9 Å². The van der Waals surface area contributed by atoms with Crippen LogP contribution in [0.4, 0.5) is 0 Å². The van der Waals surface area contributed by atoms with Crippen molar-refractivity contribution < 1.29 is 4.74 Å². The monoisotopic (exact) mass is 259 g/mol. The van der Waals surface area contributed by atoms with Crippen LogP contribution in [-0.4, -0.2) is 12.1 Å². The summed E-state index contributed by atoms with van der Waals surface area (Å²) in [7, 11) is 0. The van der Waals surface area contributed by atoms with Gasteiger partial charge >= 0.3 is 0 Å². The van der Waals surface area contributed by atoms with Crippen molar-refractivity contribution in [3.05, 3.63) is 29.3 Å². The third kappa shape index (κ3) is 2.79. The van der Waals surface area contributed by atoms with Crippen LogP contribution >= 0.6 is 0 Å². The van der Waals surface area contributed by atoms with E-state index in [1.54, 1.807) is 0 Å². The first-order valence-corrected chi connectivity index (χ1v) is 7.58. The molecule has 0 aromatic heterocycles. The van der Waals surface area contributed by atoms with E-state index in [0.717, 1.165) is 18.6 Å². The fourth-order valence-electron chi connectivity index (χ4n) is 3.47. The first-order valence-electron chi connectivity index (χ1n) is 7.58. The Balaban J connectivity index is 1.73. The highest BCUT2D eigenvalue weighted by Gasteiger charge is 2.34. The molecule has 0 aliphatic heterocycles. The average Bonchev–Trinajstić information content (AvgIpc) is 2.81. The Hall–Kier alpha value is -1.02. The molecule has 0 saturated heterocycles. The lowest BCUT2D eigenvalue weighted by Crippen LogP contribution is -2.46. The molecule has 2 heteroatoms. The summed E-state index contributed by atoms with van der Waals surface area (Å²) in [6.07, 6.45) is 7.23. The van der Waals surface area contributed by atoms with E-state index in [2.05, 4.69) is 32.0 Å². The van der Waals surface area contributed by atoms with Crippen molar-refractivity contribution in [2.24, 2.45) is 11.1 Å². The third-order valence-corrected chi connectivity index (χ3v) is 4.74. The largest absolute Gasteiger partial charge is 0.489 e. The van der Waals surface area contributed by atoms with Crippen LogP contribution < -0.4 is 10.5 Å². The first-order chi connectivity index (χ1) is 9.03. The highest BCUT2D eigenvalue weighted by molar-refractivity contribution is 5.38. The number of fused-ring (bicyclic) bond motifs is 1. The number of rotatable bonds is 2. The lowest BCUT2D eigenvalue weighted by atomic mass is 9.74. The Morgan fingerprint density at radius 3 is 2.84 bits per heavy atom. The van der Waals surface area contributed by atoms with Crippen LogP contribution in [0.3, 0.4) is 0 Å². The molecule has 0 amide bonds. The number of hydrogen-bond acceptors (Lipinski definition) is 2. The first kappa shape index (κ1) is 13.0. The number of benzene rings is 1. The number of hydrogen-bond donors (Lipinski definition) is 1. The fraction of sp³-hybridized carbons (Fsp3) is 0.647. The maximum atomic E-state index is 6.24. The van der Waals surface area contributed by atoms with Gasteiger partial charge in [-0.2, -0.15) is 0 Å². The second kappa shape index (κ2) is 4.82.